The lowest BCUT2D eigenvalue weighted by molar-refractivity contribution is -0.135. The molecule has 5 heteroatoms. The third kappa shape index (κ3) is 5.57. The topological polar surface area (TPSA) is 49.0 Å². The van der Waals surface area contributed by atoms with Gasteiger partial charge in [0.1, 0.15) is 0 Å². The summed E-state index contributed by atoms with van der Waals surface area (Å²) in [5.41, 5.74) is 5.23. The van der Waals surface area contributed by atoms with Crippen LogP contribution in [0.15, 0.2) is 30.6 Å². The molecule has 5 nitrogen and oxygen atoms in total. The Morgan fingerprint density at radius 3 is 2.58 bits per heavy atom. The second-order valence-electron chi connectivity index (χ2n) is 8.22. The first-order valence-corrected chi connectivity index (χ1v) is 11.6. The highest BCUT2D eigenvalue weighted by atomic mass is 16.5. The monoisotopic (exact) mass is 425 g/mol. The number of esters is 1. The summed E-state index contributed by atoms with van der Waals surface area (Å²) in [5.74, 6) is 1.02. The molecule has 3 heterocycles. The van der Waals surface area contributed by atoms with Crippen molar-refractivity contribution >= 4 is 12.0 Å². The number of fused-ring (bicyclic) bond motifs is 3. The van der Waals surface area contributed by atoms with Crippen LogP contribution in [0.1, 0.15) is 82.5 Å². The van der Waals surface area contributed by atoms with E-state index in [0.717, 1.165) is 37.3 Å². The molecule has 0 fully saturated rings. The molecule has 0 amide bonds. The highest BCUT2D eigenvalue weighted by molar-refractivity contribution is 5.92. The number of hydrogen-bond acceptors (Lipinski definition) is 3. The quantitative estimate of drug-likeness (QED) is 0.288. The van der Waals surface area contributed by atoms with Gasteiger partial charge in [-0.3, -0.25) is 0 Å². The van der Waals surface area contributed by atoms with Crippen LogP contribution in [0.25, 0.3) is 17.6 Å². The van der Waals surface area contributed by atoms with E-state index in [1.807, 2.05) is 12.3 Å². The molecule has 3 rings (SSSR count). The number of aryl methyl sites for hydroxylation is 1. The van der Waals surface area contributed by atoms with Gasteiger partial charge < -0.3 is 13.9 Å². The molecule has 1 aliphatic heterocycles. The molecule has 0 bridgehead atoms. The van der Waals surface area contributed by atoms with E-state index in [1.165, 1.54) is 43.3 Å². The lowest BCUT2D eigenvalue weighted by atomic mass is 9.93. The Morgan fingerprint density at radius 1 is 1.29 bits per heavy atom. The smallest absolute Gasteiger partial charge is 0.337 e. The molecule has 0 radical (unpaired) electrons. The lowest BCUT2D eigenvalue weighted by Crippen LogP contribution is -2.02. The van der Waals surface area contributed by atoms with Crippen molar-refractivity contribution in [2.45, 2.75) is 85.7 Å². The second-order valence-corrected chi connectivity index (χ2v) is 8.22. The number of aromatic nitrogens is 3. The molecule has 1 unspecified atom stereocenters. The van der Waals surface area contributed by atoms with Crippen molar-refractivity contribution < 1.29 is 9.53 Å². The first-order chi connectivity index (χ1) is 14.9. The molecule has 170 valence electrons. The highest BCUT2D eigenvalue weighted by Crippen LogP contribution is 2.39. The van der Waals surface area contributed by atoms with Crippen molar-refractivity contribution in [1.29, 1.82) is 0 Å². The molecule has 2 aromatic rings. The summed E-state index contributed by atoms with van der Waals surface area (Å²) in [6, 6.07) is 0. The van der Waals surface area contributed by atoms with Crippen LogP contribution >= 0.6 is 0 Å². The minimum absolute atomic E-state index is 0.352. The Bertz CT molecular complexity index is 915. The van der Waals surface area contributed by atoms with Gasteiger partial charge in [0.15, 0.2) is 5.82 Å². The van der Waals surface area contributed by atoms with Crippen LogP contribution in [-0.4, -0.2) is 27.2 Å². The standard InChI is InChI=1S/C21H27N3O2.C5H12/c1-6-14(2)18-17(9-8-15(3)21(25)26-5)16(4)24-12-7-11-23-13-10-22-20(23)19(18)24;1-3-5-4-2/h8-10,13-14H,3,6-7,11-12H2,1-2,4-5H3;3-5H2,1-2H3/b9-8-;. The minimum atomic E-state index is -0.402. The molecule has 2 aromatic heterocycles. The number of rotatable bonds is 7. The van der Waals surface area contributed by atoms with E-state index < -0.39 is 5.97 Å². The van der Waals surface area contributed by atoms with Gasteiger partial charge in [0.05, 0.1) is 18.4 Å². The fourth-order valence-corrected chi connectivity index (χ4v) is 4.06. The van der Waals surface area contributed by atoms with Gasteiger partial charge in [0, 0.05) is 31.2 Å². The normalized spacial score (nSPS) is 13.6. The van der Waals surface area contributed by atoms with E-state index in [0.29, 0.717) is 11.5 Å². The summed E-state index contributed by atoms with van der Waals surface area (Å²) >= 11 is 0. The Morgan fingerprint density at radius 2 is 2.00 bits per heavy atom. The fourth-order valence-electron chi connectivity index (χ4n) is 4.06. The van der Waals surface area contributed by atoms with Gasteiger partial charge in [-0.15, -0.1) is 0 Å². The van der Waals surface area contributed by atoms with Crippen molar-refractivity contribution in [3.05, 3.63) is 47.4 Å². The maximum Gasteiger partial charge on any atom is 0.337 e. The van der Waals surface area contributed by atoms with Crippen molar-refractivity contribution in [3.8, 4) is 11.5 Å². The summed E-state index contributed by atoms with van der Waals surface area (Å²) in [4.78, 5) is 16.3. The van der Waals surface area contributed by atoms with E-state index in [2.05, 4.69) is 61.5 Å². The Labute approximate surface area is 187 Å². The lowest BCUT2D eigenvalue weighted by Gasteiger charge is -2.13. The zero-order chi connectivity index (χ0) is 23.0. The van der Waals surface area contributed by atoms with Crippen LogP contribution in [0.2, 0.25) is 0 Å². The van der Waals surface area contributed by atoms with Crippen LogP contribution in [0.3, 0.4) is 0 Å². The van der Waals surface area contributed by atoms with Gasteiger partial charge in [-0.2, -0.15) is 0 Å². The molecule has 31 heavy (non-hydrogen) atoms. The Hall–Kier alpha value is -2.56. The van der Waals surface area contributed by atoms with Crippen molar-refractivity contribution in [1.82, 2.24) is 14.1 Å². The zero-order valence-corrected chi connectivity index (χ0v) is 20.2. The Balaban J connectivity index is 0.000000614. The highest BCUT2D eigenvalue weighted by Gasteiger charge is 2.27. The Kier molecular flexibility index (Phi) is 9.35. The van der Waals surface area contributed by atoms with E-state index in [1.54, 1.807) is 6.08 Å². The van der Waals surface area contributed by atoms with Crippen LogP contribution in [0, 0.1) is 6.92 Å². The summed E-state index contributed by atoms with van der Waals surface area (Å²) in [5, 5.41) is 0. The van der Waals surface area contributed by atoms with Gasteiger partial charge in [-0.25, -0.2) is 9.78 Å². The number of carbonyl (C=O) groups excluding carboxylic acids is 1. The predicted molar refractivity (Wildman–Crippen MR) is 129 cm³/mol. The van der Waals surface area contributed by atoms with Crippen LogP contribution < -0.4 is 0 Å². The summed E-state index contributed by atoms with van der Waals surface area (Å²) in [6.07, 6.45) is 13.9. The number of hydrogen-bond donors (Lipinski definition) is 0. The van der Waals surface area contributed by atoms with Gasteiger partial charge >= 0.3 is 5.97 Å². The van der Waals surface area contributed by atoms with Gasteiger partial charge in [0.2, 0.25) is 0 Å². The minimum Gasteiger partial charge on any atom is -0.465 e. The third-order valence-corrected chi connectivity index (χ3v) is 6.03. The average molecular weight is 426 g/mol. The summed E-state index contributed by atoms with van der Waals surface area (Å²) in [6.45, 7) is 16.8. The molecule has 0 saturated carbocycles. The number of methoxy groups -OCH3 is 1. The number of imidazole rings is 1. The average Bonchev–Trinajstić information content (AvgIpc) is 3.29. The van der Waals surface area contributed by atoms with Crippen LogP contribution in [0.4, 0.5) is 0 Å². The second kappa shape index (κ2) is 11.7. The van der Waals surface area contributed by atoms with Gasteiger partial charge in [0.25, 0.3) is 0 Å². The summed E-state index contributed by atoms with van der Waals surface area (Å²) in [7, 11) is 1.37. The number of carbonyl (C=O) groups is 1. The fraction of sp³-hybridized carbons (Fsp3) is 0.538. The summed E-state index contributed by atoms with van der Waals surface area (Å²) < 4.78 is 9.38. The van der Waals surface area contributed by atoms with Crippen LogP contribution in [-0.2, 0) is 22.6 Å². The first kappa shape index (κ1) is 24.7. The van der Waals surface area contributed by atoms with E-state index in [-0.39, 0.29) is 0 Å². The molecule has 1 aliphatic rings. The van der Waals surface area contributed by atoms with Crippen molar-refractivity contribution in [2.75, 3.05) is 7.11 Å². The molecule has 0 N–H and O–H groups in total. The molecule has 1 atom stereocenters. The number of unbranched alkanes of at least 4 members (excludes halogenated alkanes) is 2. The SMILES string of the molecule is C=C(/C=C\c1c(C(C)CC)c2n(c1C)CCCn1ccnc1-2)C(=O)OC.CCCCC. The maximum atomic E-state index is 11.7. The van der Waals surface area contributed by atoms with E-state index in [9.17, 15) is 4.79 Å². The van der Waals surface area contributed by atoms with Crippen LogP contribution in [0.5, 0.6) is 0 Å². The van der Waals surface area contributed by atoms with Crippen molar-refractivity contribution in [2.24, 2.45) is 0 Å². The predicted octanol–water partition coefficient (Wildman–Crippen LogP) is 6.52. The zero-order valence-electron chi connectivity index (χ0n) is 20.2. The molecule has 0 aromatic carbocycles. The molecule has 0 saturated heterocycles. The number of ether oxygens (including phenoxy) is 1. The van der Waals surface area contributed by atoms with E-state index in [4.69, 9.17) is 4.74 Å². The molecule has 0 spiro atoms. The molecular weight excluding hydrogens is 386 g/mol. The largest absolute Gasteiger partial charge is 0.465 e. The number of nitrogens with zero attached hydrogens (tertiary/aromatic N) is 3. The van der Waals surface area contributed by atoms with Gasteiger partial charge in [-0.05, 0) is 42.9 Å². The maximum absolute atomic E-state index is 11.7. The molecule has 0 aliphatic carbocycles. The van der Waals surface area contributed by atoms with Crippen molar-refractivity contribution in [3.63, 3.8) is 0 Å². The molecular formula is C26H39N3O2. The third-order valence-electron chi connectivity index (χ3n) is 6.03. The first-order valence-electron chi connectivity index (χ1n) is 11.6. The van der Waals surface area contributed by atoms with E-state index >= 15 is 0 Å². The van der Waals surface area contributed by atoms with Gasteiger partial charge in [-0.1, -0.05) is 59.6 Å².